The molecule has 2 nitrogen and oxygen atoms in total. The molecule has 9 heteroatoms. The standard InChI is InChI=1S/C10H24NO.F6P/c1-7-8-12-10(4)11(5,6)9(2)3;1-7(2,3,4,5)6/h9-10H,7-8H2,1-6H3;/q+1;-1. The van der Waals surface area contributed by atoms with Gasteiger partial charge in [-0.05, 0) is 20.3 Å². The van der Waals surface area contributed by atoms with Crippen molar-refractivity contribution < 1.29 is 34.4 Å². The van der Waals surface area contributed by atoms with Crippen molar-refractivity contribution in [2.45, 2.75) is 46.4 Å². The predicted molar refractivity (Wildman–Crippen MR) is 66.5 cm³/mol. The van der Waals surface area contributed by atoms with Crippen LogP contribution in [-0.4, -0.2) is 37.5 Å². The number of nitrogens with zero attached hydrogens (tertiary/aromatic N) is 1. The molecule has 1 atom stereocenters. The quantitative estimate of drug-likeness (QED) is 0.276. The summed E-state index contributed by atoms with van der Waals surface area (Å²) in [6.45, 7) is 9.62. The molecule has 0 radical (unpaired) electrons. The monoisotopic (exact) mass is 319 g/mol. The van der Waals surface area contributed by atoms with Crippen LogP contribution in [0.3, 0.4) is 0 Å². The molecule has 0 aromatic rings. The van der Waals surface area contributed by atoms with Gasteiger partial charge in [-0.25, -0.2) is 0 Å². The van der Waals surface area contributed by atoms with E-state index in [1.807, 2.05) is 0 Å². The van der Waals surface area contributed by atoms with Crippen molar-refractivity contribution in [2.75, 3.05) is 20.7 Å². The summed E-state index contributed by atoms with van der Waals surface area (Å²) >= 11 is 0. The summed E-state index contributed by atoms with van der Waals surface area (Å²) in [6, 6.07) is 0.608. The Balaban J connectivity index is 0. The van der Waals surface area contributed by atoms with E-state index in [9.17, 15) is 25.2 Å². The SMILES string of the molecule is CCCOC(C)[N+](C)(C)C(C)C.F[P-](F)(F)(F)(F)F. The van der Waals surface area contributed by atoms with Crippen LogP contribution in [0.15, 0.2) is 0 Å². The van der Waals surface area contributed by atoms with E-state index in [1.165, 1.54) is 0 Å². The van der Waals surface area contributed by atoms with Crippen molar-refractivity contribution >= 4 is 7.81 Å². The van der Waals surface area contributed by atoms with Crippen LogP contribution in [0, 0.1) is 0 Å². The van der Waals surface area contributed by atoms with Gasteiger partial charge in [-0.1, -0.05) is 6.92 Å². The third-order valence-corrected chi connectivity index (χ3v) is 2.83. The van der Waals surface area contributed by atoms with Crippen LogP contribution in [0.25, 0.3) is 0 Å². The zero-order valence-corrected chi connectivity index (χ0v) is 13.0. The van der Waals surface area contributed by atoms with E-state index in [-0.39, 0.29) is 0 Å². The van der Waals surface area contributed by atoms with Crippen molar-refractivity contribution in [1.29, 1.82) is 0 Å². The van der Waals surface area contributed by atoms with Gasteiger partial charge in [0, 0.05) is 6.92 Å². The van der Waals surface area contributed by atoms with E-state index >= 15 is 0 Å². The molecule has 0 aliphatic carbocycles. The van der Waals surface area contributed by atoms with E-state index in [2.05, 4.69) is 41.8 Å². The number of ether oxygens (including phenoxy) is 1. The molecule has 0 saturated heterocycles. The first-order valence-corrected chi connectivity index (χ1v) is 7.92. The maximum absolute atomic E-state index is 10.7. The summed E-state index contributed by atoms with van der Waals surface area (Å²) in [6.07, 6.45) is 1.40. The second-order valence-electron chi connectivity index (χ2n) is 5.15. The van der Waals surface area contributed by atoms with Crippen molar-refractivity contribution in [2.24, 2.45) is 0 Å². The van der Waals surface area contributed by atoms with Gasteiger partial charge < -0.3 is 9.22 Å². The normalized spacial score (nSPS) is 18.2. The molecule has 122 valence electrons. The second-order valence-corrected chi connectivity index (χ2v) is 7.07. The average Bonchev–Trinajstić information content (AvgIpc) is 2.08. The molecular formula is C10H24F6NOP. The molecule has 0 spiro atoms. The van der Waals surface area contributed by atoms with E-state index in [1.54, 1.807) is 0 Å². The number of halogens is 6. The molecule has 0 heterocycles. The molecular weight excluding hydrogens is 295 g/mol. The Morgan fingerprint density at radius 3 is 1.47 bits per heavy atom. The summed E-state index contributed by atoms with van der Waals surface area (Å²) < 4.78 is 65.8. The Morgan fingerprint density at radius 2 is 1.26 bits per heavy atom. The van der Waals surface area contributed by atoms with E-state index in [0.29, 0.717) is 12.3 Å². The maximum atomic E-state index is 9.87. The molecule has 0 saturated carbocycles. The van der Waals surface area contributed by atoms with Gasteiger partial charge in [0.05, 0.1) is 26.7 Å². The van der Waals surface area contributed by atoms with E-state index in [4.69, 9.17) is 4.74 Å². The Morgan fingerprint density at radius 1 is 0.947 bits per heavy atom. The van der Waals surface area contributed by atoms with Gasteiger partial charge in [0.1, 0.15) is 0 Å². The molecule has 0 amide bonds. The topological polar surface area (TPSA) is 9.23 Å². The molecule has 0 aliphatic rings. The summed E-state index contributed by atoms with van der Waals surface area (Å²) in [7, 11) is -6.23. The van der Waals surface area contributed by atoms with Gasteiger partial charge in [-0.15, -0.1) is 0 Å². The zero-order valence-electron chi connectivity index (χ0n) is 12.1. The summed E-state index contributed by atoms with van der Waals surface area (Å²) in [5.74, 6) is 0. The summed E-state index contributed by atoms with van der Waals surface area (Å²) in [5.41, 5.74) is 0. The van der Waals surface area contributed by atoms with Crippen molar-refractivity contribution in [3.8, 4) is 0 Å². The van der Waals surface area contributed by atoms with Gasteiger partial charge in [0.15, 0.2) is 6.23 Å². The van der Waals surface area contributed by atoms with Gasteiger partial charge in [-0.2, -0.15) is 0 Å². The molecule has 0 aromatic carbocycles. The van der Waals surface area contributed by atoms with Crippen LogP contribution in [0.2, 0.25) is 0 Å². The second kappa shape index (κ2) is 5.74. The minimum atomic E-state index is -10.7. The molecule has 0 N–H and O–H groups in total. The molecule has 0 aliphatic heterocycles. The Hall–Kier alpha value is -0.0700. The average molecular weight is 319 g/mol. The van der Waals surface area contributed by atoms with Crippen LogP contribution < -0.4 is 0 Å². The molecule has 0 fully saturated rings. The fourth-order valence-corrected chi connectivity index (χ4v) is 0.900. The number of rotatable bonds is 5. The fraction of sp³-hybridized carbons (Fsp3) is 1.00. The van der Waals surface area contributed by atoms with Crippen molar-refractivity contribution in [3.05, 3.63) is 0 Å². The van der Waals surface area contributed by atoms with Gasteiger partial charge in [0.25, 0.3) is 0 Å². The van der Waals surface area contributed by atoms with Gasteiger partial charge in [0.2, 0.25) is 0 Å². The van der Waals surface area contributed by atoms with Crippen LogP contribution >= 0.6 is 7.81 Å². The molecule has 19 heavy (non-hydrogen) atoms. The number of hydrogen-bond donors (Lipinski definition) is 0. The van der Waals surface area contributed by atoms with Crippen molar-refractivity contribution in [1.82, 2.24) is 0 Å². The van der Waals surface area contributed by atoms with Crippen LogP contribution in [0.1, 0.15) is 34.1 Å². The van der Waals surface area contributed by atoms with Crippen LogP contribution in [0.4, 0.5) is 25.2 Å². The fourth-order valence-electron chi connectivity index (χ4n) is 0.900. The predicted octanol–water partition coefficient (Wildman–Crippen LogP) is 5.63. The summed E-state index contributed by atoms with van der Waals surface area (Å²) in [5, 5.41) is 0. The van der Waals surface area contributed by atoms with Gasteiger partial charge in [-0.3, -0.25) is 0 Å². The summed E-state index contributed by atoms with van der Waals surface area (Å²) in [4.78, 5) is 0. The first-order chi connectivity index (χ1) is 7.87. The number of hydrogen-bond acceptors (Lipinski definition) is 1. The number of quaternary nitrogens is 1. The molecule has 1 unspecified atom stereocenters. The third kappa shape index (κ3) is 17.9. The van der Waals surface area contributed by atoms with Crippen molar-refractivity contribution in [3.63, 3.8) is 0 Å². The molecule has 0 aromatic heterocycles. The zero-order chi connectivity index (χ0) is 16.2. The Labute approximate surface area is 110 Å². The van der Waals surface area contributed by atoms with Gasteiger partial charge >= 0.3 is 33.0 Å². The van der Waals surface area contributed by atoms with Crippen LogP contribution in [0.5, 0.6) is 0 Å². The first-order valence-electron chi connectivity index (χ1n) is 5.89. The van der Waals surface area contributed by atoms with E-state index in [0.717, 1.165) is 17.5 Å². The van der Waals surface area contributed by atoms with Crippen LogP contribution in [-0.2, 0) is 4.74 Å². The molecule has 0 bridgehead atoms. The first kappa shape index (κ1) is 21.2. The molecule has 0 rings (SSSR count). The third-order valence-electron chi connectivity index (χ3n) is 2.83. The Kier molecular flexibility index (Phi) is 6.41. The van der Waals surface area contributed by atoms with E-state index < -0.39 is 7.81 Å². The minimum absolute atomic E-state index is 0.296. The Bertz CT molecular complexity index is 262.